The quantitative estimate of drug-likeness (QED) is 0.819. The fourth-order valence-electron chi connectivity index (χ4n) is 5.04. The van der Waals surface area contributed by atoms with Gasteiger partial charge in [0, 0.05) is 40.6 Å². The van der Waals surface area contributed by atoms with Gasteiger partial charge in [-0.05, 0) is 61.1 Å². The molecule has 4 atom stereocenters. The number of nitrogens with two attached hydrogens (primary N) is 1. The first-order valence-corrected chi connectivity index (χ1v) is 7.71. The fourth-order valence-corrected chi connectivity index (χ4v) is 5.04. The number of pyridine rings is 1. The molecular weight excluding hydrogens is 246 g/mol. The topological polar surface area (TPSA) is 50.9 Å². The van der Waals surface area contributed by atoms with Gasteiger partial charge in [-0.3, -0.25) is 4.98 Å². The van der Waals surface area contributed by atoms with Crippen molar-refractivity contribution in [3.05, 3.63) is 30.6 Å². The highest BCUT2D eigenvalue weighted by Crippen LogP contribution is 2.66. The summed E-state index contributed by atoms with van der Waals surface area (Å²) < 4.78 is 0. The van der Waals surface area contributed by atoms with Crippen molar-refractivity contribution >= 4 is 22.1 Å². The maximum Gasteiger partial charge on any atom is 0.0439 e. The molecule has 102 valence electrons. The van der Waals surface area contributed by atoms with Crippen LogP contribution in [-0.2, 0) is 0 Å². The van der Waals surface area contributed by atoms with Crippen molar-refractivity contribution in [1.82, 2.24) is 4.98 Å². The van der Waals surface area contributed by atoms with Crippen LogP contribution < -0.4 is 11.1 Å². The van der Waals surface area contributed by atoms with E-state index in [0.717, 1.165) is 40.1 Å². The predicted octanol–water partition coefficient (Wildman–Crippen LogP) is 3.27. The van der Waals surface area contributed by atoms with Crippen molar-refractivity contribution in [2.45, 2.75) is 25.3 Å². The van der Waals surface area contributed by atoms with Crippen LogP contribution in [0.5, 0.6) is 0 Å². The lowest BCUT2D eigenvalue weighted by Gasteiger charge is -2.14. The number of anilines is 2. The number of aromatic nitrogens is 1. The summed E-state index contributed by atoms with van der Waals surface area (Å²) in [4.78, 5) is 4.26. The molecular formula is C17H19N3. The average Bonchev–Trinajstić information content (AvgIpc) is 2.86. The van der Waals surface area contributed by atoms with Gasteiger partial charge in [-0.15, -0.1) is 0 Å². The van der Waals surface area contributed by atoms with Crippen LogP contribution in [0.15, 0.2) is 30.6 Å². The molecule has 2 aromatic rings. The summed E-state index contributed by atoms with van der Waals surface area (Å²) in [6, 6.07) is 6.84. The molecule has 2 bridgehead atoms. The van der Waals surface area contributed by atoms with Crippen LogP contribution in [0.1, 0.15) is 19.3 Å². The van der Waals surface area contributed by atoms with Gasteiger partial charge in [0.1, 0.15) is 0 Å². The minimum atomic E-state index is 0.702. The van der Waals surface area contributed by atoms with Gasteiger partial charge in [0.25, 0.3) is 0 Å². The fraction of sp³-hybridized carbons (Fsp3) is 0.471. The van der Waals surface area contributed by atoms with Gasteiger partial charge in [-0.1, -0.05) is 0 Å². The minimum Gasteiger partial charge on any atom is -0.398 e. The summed E-state index contributed by atoms with van der Waals surface area (Å²) in [7, 11) is 0. The van der Waals surface area contributed by atoms with E-state index >= 15 is 0 Å². The predicted molar refractivity (Wildman–Crippen MR) is 81.4 cm³/mol. The first-order chi connectivity index (χ1) is 9.83. The Balaban J connectivity index is 1.50. The SMILES string of the molecule is Nc1ccc(NC2C3C4CCC(C4)C23)c2cnccc12. The van der Waals surface area contributed by atoms with Gasteiger partial charge >= 0.3 is 0 Å². The molecule has 5 rings (SSSR count). The van der Waals surface area contributed by atoms with E-state index in [1.165, 1.54) is 24.9 Å². The van der Waals surface area contributed by atoms with Crippen molar-refractivity contribution < 1.29 is 0 Å². The molecule has 20 heavy (non-hydrogen) atoms. The van der Waals surface area contributed by atoms with Gasteiger partial charge in [0.05, 0.1) is 0 Å². The maximum atomic E-state index is 6.06. The molecule has 0 radical (unpaired) electrons. The first kappa shape index (κ1) is 11.0. The normalized spacial score (nSPS) is 37.1. The number of rotatable bonds is 2. The van der Waals surface area contributed by atoms with Crippen LogP contribution in [0.2, 0.25) is 0 Å². The molecule has 0 aliphatic heterocycles. The third-order valence-corrected chi connectivity index (χ3v) is 5.91. The number of nitrogens with zero attached hydrogens (tertiary/aromatic N) is 1. The highest BCUT2D eigenvalue weighted by atomic mass is 15.0. The largest absolute Gasteiger partial charge is 0.398 e. The Morgan fingerprint density at radius 2 is 1.85 bits per heavy atom. The lowest BCUT2D eigenvalue weighted by Crippen LogP contribution is -2.13. The Kier molecular flexibility index (Phi) is 2.00. The van der Waals surface area contributed by atoms with Gasteiger partial charge in [-0.2, -0.15) is 0 Å². The van der Waals surface area contributed by atoms with Crippen molar-refractivity contribution in [1.29, 1.82) is 0 Å². The highest BCUT2D eigenvalue weighted by Gasteiger charge is 2.65. The molecule has 3 fully saturated rings. The first-order valence-electron chi connectivity index (χ1n) is 7.71. The van der Waals surface area contributed by atoms with E-state index in [1.54, 1.807) is 0 Å². The van der Waals surface area contributed by atoms with Crippen LogP contribution in [0.4, 0.5) is 11.4 Å². The van der Waals surface area contributed by atoms with Crippen LogP contribution in [0.3, 0.4) is 0 Å². The van der Waals surface area contributed by atoms with Crippen molar-refractivity contribution in [2.75, 3.05) is 11.1 Å². The van der Waals surface area contributed by atoms with Crippen LogP contribution in [0.25, 0.3) is 10.8 Å². The second kappa shape index (κ2) is 3.66. The van der Waals surface area contributed by atoms with Crippen LogP contribution in [-0.4, -0.2) is 11.0 Å². The Morgan fingerprint density at radius 3 is 2.65 bits per heavy atom. The van der Waals surface area contributed by atoms with Crippen molar-refractivity contribution in [3.8, 4) is 0 Å². The zero-order valence-electron chi connectivity index (χ0n) is 11.4. The number of hydrogen-bond donors (Lipinski definition) is 2. The molecule has 0 spiro atoms. The van der Waals surface area contributed by atoms with E-state index in [2.05, 4.69) is 16.4 Å². The molecule has 3 aliphatic rings. The van der Waals surface area contributed by atoms with Crippen molar-refractivity contribution in [2.24, 2.45) is 23.7 Å². The number of nitrogen functional groups attached to an aromatic ring is 1. The van der Waals surface area contributed by atoms with Gasteiger partial charge in [0.15, 0.2) is 0 Å². The molecule has 1 aromatic heterocycles. The lowest BCUT2D eigenvalue weighted by atomic mass is 10.0. The number of nitrogens with one attached hydrogen (secondary N) is 1. The third kappa shape index (κ3) is 1.33. The van der Waals surface area contributed by atoms with E-state index in [4.69, 9.17) is 5.73 Å². The second-order valence-electron chi connectivity index (χ2n) is 6.78. The molecule has 3 aliphatic carbocycles. The standard InChI is InChI=1S/C17H19N3/c18-13-3-4-14(12-8-19-6-5-11(12)13)20-17-15-9-1-2-10(7-9)16(15)17/h3-6,8-10,15-17,20H,1-2,7,18H2. The second-order valence-corrected chi connectivity index (χ2v) is 6.78. The Bertz CT molecular complexity index is 680. The molecule has 0 amide bonds. The minimum absolute atomic E-state index is 0.702. The molecule has 4 unspecified atom stereocenters. The molecule has 3 N–H and O–H groups in total. The Labute approximate surface area is 118 Å². The lowest BCUT2D eigenvalue weighted by molar-refractivity contribution is 0.456. The summed E-state index contributed by atoms with van der Waals surface area (Å²) >= 11 is 0. The molecule has 1 aromatic carbocycles. The number of fused-ring (bicyclic) bond motifs is 6. The summed E-state index contributed by atoms with van der Waals surface area (Å²) in [5, 5.41) is 6.06. The third-order valence-electron chi connectivity index (χ3n) is 5.91. The molecule has 3 nitrogen and oxygen atoms in total. The number of hydrogen-bond acceptors (Lipinski definition) is 3. The zero-order valence-corrected chi connectivity index (χ0v) is 11.4. The van der Waals surface area contributed by atoms with Crippen molar-refractivity contribution in [3.63, 3.8) is 0 Å². The zero-order chi connectivity index (χ0) is 13.3. The summed E-state index contributed by atoms with van der Waals surface area (Å²) in [5.41, 5.74) is 8.11. The van der Waals surface area contributed by atoms with E-state index in [1.807, 2.05) is 24.5 Å². The molecule has 3 heteroatoms. The average molecular weight is 265 g/mol. The monoisotopic (exact) mass is 265 g/mol. The van der Waals surface area contributed by atoms with E-state index in [0.29, 0.717) is 6.04 Å². The van der Waals surface area contributed by atoms with E-state index in [-0.39, 0.29) is 0 Å². The van der Waals surface area contributed by atoms with Crippen LogP contribution in [0, 0.1) is 23.7 Å². The van der Waals surface area contributed by atoms with E-state index < -0.39 is 0 Å². The van der Waals surface area contributed by atoms with Crippen LogP contribution >= 0.6 is 0 Å². The summed E-state index contributed by atoms with van der Waals surface area (Å²) in [6.45, 7) is 0. The number of benzene rings is 1. The molecule has 3 saturated carbocycles. The van der Waals surface area contributed by atoms with E-state index in [9.17, 15) is 0 Å². The smallest absolute Gasteiger partial charge is 0.0439 e. The Hall–Kier alpha value is -1.77. The highest BCUT2D eigenvalue weighted by molar-refractivity contribution is 6.00. The molecule has 0 saturated heterocycles. The summed E-state index contributed by atoms with van der Waals surface area (Å²) in [6.07, 6.45) is 8.18. The Morgan fingerprint density at radius 1 is 1.05 bits per heavy atom. The van der Waals surface area contributed by atoms with Gasteiger partial charge < -0.3 is 11.1 Å². The molecule has 1 heterocycles. The summed E-state index contributed by atoms with van der Waals surface area (Å²) in [5.74, 6) is 3.89. The maximum absolute atomic E-state index is 6.06. The van der Waals surface area contributed by atoms with Gasteiger partial charge in [-0.25, -0.2) is 0 Å². The van der Waals surface area contributed by atoms with Gasteiger partial charge in [0.2, 0.25) is 0 Å².